The van der Waals surface area contributed by atoms with E-state index in [1.807, 2.05) is 6.07 Å². The van der Waals surface area contributed by atoms with Crippen LogP contribution >= 0.6 is 0 Å². The van der Waals surface area contributed by atoms with E-state index in [0.29, 0.717) is 0 Å². The van der Waals surface area contributed by atoms with Gasteiger partial charge in [-0.3, -0.25) is 4.79 Å². The van der Waals surface area contributed by atoms with Crippen LogP contribution in [0.2, 0.25) is 0 Å². The molecule has 0 aliphatic heterocycles. The Morgan fingerprint density at radius 2 is 1.95 bits per heavy atom. The highest BCUT2D eigenvalue weighted by Gasteiger charge is 2.32. The van der Waals surface area contributed by atoms with E-state index in [2.05, 4.69) is 19.9 Å². The largest absolute Gasteiger partial charge is 0.496 e. The number of rotatable bonds is 5. The van der Waals surface area contributed by atoms with Crippen molar-refractivity contribution in [3.8, 4) is 5.75 Å². The maximum atomic E-state index is 11.1. The van der Waals surface area contributed by atoms with Crippen molar-refractivity contribution in [2.45, 2.75) is 64.2 Å². The molecule has 1 aliphatic rings. The Hall–Kier alpha value is -1.51. The summed E-state index contributed by atoms with van der Waals surface area (Å²) in [4.78, 5) is 11.1. The molecule has 0 radical (unpaired) electrons. The van der Waals surface area contributed by atoms with Crippen LogP contribution in [0.15, 0.2) is 12.1 Å². The van der Waals surface area contributed by atoms with Crippen molar-refractivity contribution in [1.82, 2.24) is 0 Å². The molecule has 1 aromatic rings. The van der Waals surface area contributed by atoms with Crippen molar-refractivity contribution in [2.24, 2.45) is 0 Å². The smallest absolute Gasteiger partial charge is 0.307 e. The van der Waals surface area contributed by atoms with Gasteiger partial charge in [-0.1, -0.05) is 45.2 Å². The SMILES string of the molecule is CCc1cc(CC(=O)O)cc(C2(C)CCCCC2)c1OC. The maximum absolute atomic E-state index is 11.1. The summed E-state index contributed by atoms with van der Waals surface area (Å²) in [6, 6.07) is 4.06. The van der Waals surface area contributed by atoms with E-state index in [1.54, 1.807) is 7.11 Å². The molecular weight excluding hydrogens is 264 g/mol. The lowest BCUT2D eigenvalue weighted by Crippen LogP contribution is -2.26. The third kappa shape index (κ3) is 3.39. The van der Waals surface area contributed by atoms with Crippen LogP contribution in [0.4, 0.5) is 0 Å². The molecule has 3 nitrogen and oxygen atoms in total. The average molecular weight is 290 g/mol. The number of hydrogen-bond acceptors (Lipinski definition) is 2. The Balaban J connectivity index is 2.52. The second-order valence-corrected chi connectivity index (χ2v) is 6.38. The van der Waals surface area contributed by atoms with Crippen molar-refractivity contribution in [2.75, 3.05) is 7.11 Å². The van der Waals surface area contributed by atoms with E-state index in [4.69, 9.17) is 9.84 Å². The molecule has 0 spiro atoms. The van der Waals surface area contributed by atoms with Crippen LogP contribution in [0, 0.1) is 0 Å². The number of aliphatic carboxylic acids is 1. The number of carboxylic acid groups (broad SMARTS) is 1. The monoisotopic (exact) mass is 290 g/mol. The first-order valence-corrected chi connectivity index (χ1v) is 7.92. The molecular formula is C18H26O3. The first-order chi connectivity index (χ1) is 10.00. The Labute approximate surface area is 127 Å². The highest BCUT2D eigenvalue weighted by atomic mass is 16.5. The highest BCUT2D eigenvalue weighted by molar-refractivity contribution is 5.71. The van der Waals surface area contributed by atoms with E-state index in [1.165, 1.54) is 24.8 Å². The number of carboxylic acids is 1. The van der Waals surface area contributed by atoms with Crippen LogP contribution in [0.5, 0.6) is 5.75 Å². The fourth-order valence-electron chi connectivity index (χ4n) is 3.59. The van der Waals surface area contributed by atoms with Crippen LogP contribution in [-0.4, -0.2) is 18.2 Å². The summed E-state index contributed by atoms with van der Waals surface area (Å²) in [6.07, 6.45) is 7.04. The van der Waals surface area contributed by atoms with E-state index in [-0.39, 0.29) is 11.8 Å². The van der Waals surface area contributed by atoms with Gasteiger partial charge in [-0.25, -0.2) is 0 Å². The van der Waals surface area contributed by atoms with Crippen molar-refractivity contribution in [1.29, 1.82) is 0 Å². The molecule has 2 rings (SSSR count). The zero-order valence-electron chi connectivity index (χ0n) is 13.4. The van der Waals surface area contributed by atoms with Crippen LogP contribution in [0.3, 0.4) is 0 Å². The van der Waals surface area contributed by atoms with Crippen LogP contribution in [0.25, 0.3) is 0 Å². The Kier molecular flexibility index (Phi) is 4.92. The minimum atomic E-state index is -0.776. The maximum Gasteiger partial charge on any atom is 0.307 e. The number of carbonyl (C=O) groups is 1. The molecule has 0 aromatic heterocycles. The molecule has 3 heteroatoms. The molecule has 0 atom stereocenters. The number of benzene rings is 1. The Morgan fingerprint density at radius 3 is 2.48 bits per heavy atom. The van der Waals surface area contributed by atoms with E-state index in [0.717, 1.165) is 36.1 Å². The van der Waals surface area contributed by atoms with Gasteiger partial charge in [0.2, 0.25) is 0 Å². The number of methoxy groups -OCH3 is 1. The van der Waals surface area contributed by atoms with Gasteiger partial charge >= 0.3 is 5.97 Å². The standard InChI is InChI=1S/C18H26O3/c1-4-14-10-13(12-16(19)20)11-15(17(14)21-3)18(2)8-6-5-7-9-18/h10-11H,4-9,12H2,1-3H3,(H,19,20). The first-order valence-electron chi connectivity index (χ1n) is 7.92. The quantitative estimate of drug-likeness (QED) is 0.887. The molecule has 1 aromatic carbocycles. The van der Waals surface area contributed by atoms with Crippen molar-refractivity contribution in [3.63, 3.8) is 0 Å². The van der Waals surface area contributed by atoms with Crippen LogP contribution in [0.1, 0.15) is 62.6 Å². The van der Waals surface area contributed by atoms with Crippen molar-refractivity contribution >= 4 is 5.97 Å². The fourth-order valence-corrected chi connectivity index (χ4v) is 3.59. The molecule has 21 heavy (non-hydrogen) atoms. The summed E-state index contributed by atoms with van der Waals surface area (Å²) in [5, 5.41) is 9.09. The Bertz CT molecular complexity index is 513. The summed E-state index contributed by atoms with van der Waals surface area (Å²) in [7, 11) is 1.72. The number of aryl methyl sites for hydroxylation is 1. The summed E-state index contributed by atoms with van der Waals surface area (Å²) in [5.74, 6) is 0.193. The van der Waals surface area contributed by atoms with Gasteiger partial charge in [-0.05, 0) is 35.8 Å². The molecule has 0 amide bonds. The predicted molar refractivity (Wildman–Crippen MR) is 84.1 cm³/mol. The zero-order valence-corrected chi connectivity index (χ0v) is 13.4. The molecule has 1 N–H and O–H groups in total. The van der Waals surface area contributed by atoms with E-state index in [9.17, 15) is 4.79 Å². The summed E-state index contributed by atoms with van der Waals surface area (Å²) in [6.45, 7) is 4.39. The average Bonchev–Trinajstić information content (AvgIpc) is 2.46. The van der Waals surface area contributed by atoms with Gasteiger partial charge in [0.05, 0.1) is 13.5 Å². The summed E-state index contributed by atoms with van der Waals surface area (Å²) >= 11 is 0. The lowest BCUT2D eigenvalue weighted by atomic mass is 9.70. The molecule has 1 fully saturated rings. The normalized spacial score (nSPS) is 17.5. The number of ether oxygens (including phenoxy) is 1. The van der Waals surface area contributed by atoms with Crippen molar-refractivity contribution < 1.29 is 14.6 Å². The van der Waals surface area contributed by atoms with Crippen molar-refractivity contribution in [3.05, 3.63) is 28.8 Å². The van der Waals surface area contributed by atoms with Gasteiger partial charge in [0.25, 0.3) is 0 Å². The zero-order chi connectivity index (χ0) is 15.5. The topological polar surface area (TPSA) is 46.5 Å². The lowest BCUT2D eigenvalue weighted by Gasteiger charge is -2.36. The second-order valence-electron chi connectivity index (χ2n) is 6.38. The van der Waals surface area contributed by atoms with E-state index < -0.39 is 5.97 Å². The third-order valence-electron chi connectivity index (χ3n) is 4.77. The van der Waals surface area contributed by atoms with Gasteiger partial charge in [0.15, 0.2) is 0 Å². The van der Waals surface area contributed by atoms with Gasteiger partial charge in [-0.15, -0.1) is 0 Å². The minimum Gasteiger partial charge on any atom is -0.496 e. The second kappa shape index (κ2) is 6.50. The van der Waals surface area contributed by atoms with Crippen LogP contribution < -0.4 is 4.74 Å². The van der Waals surface area contributed by atoms with Gasteiger partial charge in [0, 0.05) is 5.56 Å². The first kappa shape index (κ1) is 15.9. The van der Waals surface area contributed by atoms with Gasteiger partial charge in [0.1, 0.15) is 5.75 Å². The molecule has 116 valence electrons. The predicted octanol–water partition coefficient (Wildman–Crippen LogP) is 4.11. The third-order valence-corrected chi connectivity index (χ3v) is 4.77. The van der Waals surface area contributed by atoms with E-state index >= 15 is 0 Å². The fraction of sp³-hybridized carbons (Fsp3) is 0.611. The molecule has 0 heterocycles. The molecule has 1 aliphatic carbocycles. The number of hydrogen-bond donors (Lipinski definition) is 1. The lowest BCUT2D eigenvalue weighted by molar-refractivity contribution is -0.136. The summed E-state index contributed by atoms with van der Waals surface area (Å²) in [5.41, 5.74) is 3.34. The van der Waals surface area contributed by atoms with Crippen LogP contribution in [-0.2, 0) is 23.1 Å². The minimum absolute atomic E-state index is 0.0834. The Morgan fingerprint density at radius 1 is 1.29 bits per heavy atom. The molecule has 0 saturated heterocycles. The molecule has 0 bridgehead atoms. The van der Waals surface area contributed by atoms with Gasteiger partial charge < -0.3 is 9.84 Å². The molecule has 0 unspecified atom stereocenters. The summed E-state index contributed by atoms with van der Waals surface area (Å²) < 4.78 is 5.70. The highest BCUT2D eigenvalue weighted by Crippen LogP contribution is 2.44. The van der Waals surface area contributed by atoms with Gasteiger partial charge in [-0.2, -0.15) is 0 Å². The molecule has 1 saturated carbocycles.